The number of benzene rings is 3. The van der Waals surface area contributed by atoms with E-state index in [2.05, 4.69) is 88.4 Å². The van der Waals surface area contributed by atoms with Gasteiger partial charge in [0.15, 0.2) is 0 Å². The Bertz CT molecular complexity index is 946. The molecule has 4 heteroatoms. The molecule has 0 amide bonds. The van der Waals surface area contributed by atoms with E-state index in [1.165, 1.54) is 16.3 Å². The maximum atomic E-state index is 5.46. The van der Waals surface area contributed by atoms with Gasteiger partial charge in [-0.25, -0.2) is 4.98 Å². The van der Waals surface area contributed by atoms with Crippen LogP contribution in [0.5, 0.6) is 5.75 Å². The van der Waals surface area contributed by atoms with Crippen LogP contribution in [0, 0.1) is 0 Å². The zero-order valence-corrected chi connectivity index (χ0v) is 16.1. The van der Waals surface area contributed by atoms with E-state index in [4.69, 9.17) is 4.74 Å². The van der Waals surface area contributed by atoms with Gasteiger partial charge in [-0.1, -0.05) is 78.0 Å². The lowest BCUT2D eigenvalue weighted by Crippen LogP contribution is -2.46. The summed E-state index contributed by atoms with van der Waals surface area (Å²) in [6.07, 6.45) is 5.80. The van der Waals surface area contributed by atoms with Crippen molar-refractivity contribution in [3.63, 3.8) is 0 Å². The van der Waals surface area contributed by atoms with Crippen LogP contribution >= 0.6 is 0 Å². The summed E-state index contributed by atoms with van der Waals surface area (Å²) in [6.45, 7) is 0. The van der Waals surface area contributed by atoms with Gasteiger partial charge in [0.05, 0.1) is 18.6 Å². The van der Waals surface area contributed by atoms with Crippen molar-refractivity contribution in [3.8, 4) is 5.75 Å². The molecule has 0 bridgehead atoms. The molecule has 0 aliphatic rings. The third-order valence-electron chi connectivity index (χ3n) is 4.67. The molecule has 132 valence electrons. The predicted molar refractivity (Wildman–Crippen MR) is 110 cm³/mol. The lowest BCUT2D eigenvalue weighted by molar-refractivity contribution is 0.415. The first-order valence-corrected chi connectivity index (χ1v) is 9.84. The molecule has 1 aromatic heterocycles. The summed E-state index contributed by atoms with van der Waals surface area (Å²) in [4.78, 5) is 4.36. The molecule has 0 aliphatic carbocycles. The second-order valence-corrected chi connectivity index (χ2v) is 7.82. The third kappa shape index (κ3) is 3.31. The number of hydrogen-bond acceptors (Lipinski definition) is 2. The van der Waals surface area contributed by atoms with E-state index in [1.54, 1.807) is 7.11 Å². The molecule has 0 fully saturated rings. The van der Waals surface area contributed by atoms with Gasteiger partial charge < -0.3 is 9.30 Å². The molecule has 4 aromatic rings. The molecular weight excluding hydrogens is 348 g/mol. The smallest absolute Gasteiger partial charge is 0.128 e. The fourth-order valence-electron chi connectivity index (χ4n) is 3.40. The van der Waals surface area contributed by atoms with Crippen LogP contribution < -0.4 is 9.92 Å². The van der Waals surface area contributed by atoms with Gasteiger partial charge >= 0.3 is 0 Å². The van der Waals surface area contributed by atoms with Crippen LogP contribution in [0.25, 0.3) is 0 Å². The van der Waals surface area contributed by atoms with Gasteiger partial charge in [0.1, 0.15) is 15.3 Å². The van der Waals surface area contributed by atoms with Gasteiger partial charge in [0, 0.05) is 12.4 Å². The van der Waals surface area contributed by atoms with Crippen LogP contribution in [0.15, 0.2) is 104 Å². The molecule has 2 radical (unpaired) electrons. The number of nitrogens with zero attached hydrogens (tertiary/aromatic N) is 2. The molecule has 3 nitrogen and oxygen atoms in total. The van der Waals surface area contributed by atoms with Crippen LogP contribution in [0.2, 0.25) is 0 Å². The van der Waals surface area contributed by atoms with Crippen molar-refractivity contribution >= 4 is 14.7 Å². The van der Waals surface area contributed by atoms with Crippen molar-refractivity contribution in [2.24, 2.45) is 0 Å². The van der Waals surface area contributed by atoms with Crippen LogP contribution in [0.1, 0.15) is 11.1 Å². The summed E-state index contributed by atoms with van der Waals surface area (Å²) in [5.41, 5.74) is 2.46. The molecule has 0 unspecified atom stereocenters. The summed E-state index contributed by atoms with van der Waals surface area (Å²) < 4.78 is 7.67. The highest BCUT2D eigenvalue weighted by Gasteiger charge is 2.37. The van der Waals surface area contributed by atoms with E-state index < -0.39 is 0 Å². The molecule has 0 atom stereocenters. The highest BCUT2D eigenvalue weighted by Crippen LogP contribution is 2.33. The largest absolute Gasteiger partial charge is 0.497 e. The summed E-state index contributed by atoms with van der Waals surface area (Å²) in [5.74, 6) is 0.876. The first-order chi connectivity index (χ1) is 13.3. The highest BCUT2D eigenvalue weighted by atomic mass is 28.2. The summed E-state index contributed by atoms with van der Waals surface area (Å²) in [6, 6.07) is 29.6. The van der Waals surface area contributed by atoms with Gasteiger partial charge in [0.25, 0.3) is 0 Å². The van der Waals surface area contributed by atoms with E-state index in [1.807, 2.05) is 24.8 Å². The number of methoxy groups -OCH3 is 1. The van der Waals surface area contributed by atoms with Crippen molar-refractivity contribution in [1.82, 2.24) is 9.55 Å². The first-order valence-electron chi connectivity index (χ1n) is 8.84. The highest BCUT2D eigenvalue weighted by molar-refractivity contribution is 6.57. The maximum absolute atomic E-state index is 5.46. The SMILES string of the molecule is COc1cccc([Si]C(c2ccccc2)(c2ccccc2)n2ccnc2)c1. The minimum absolute atomic E-state index is 0.370. The molecule has 1 heterocycles. The number of rotatable bonds is 6. The Balaban J connectivity index is 1.95. The zero-order chi connectivity index (χ0) is 18.5. The minimum Gasteiger partial charge on any atom is -0.497 e. The second-order valence-electron chi connectivity index (χ2n) is 6.27. The summed E-state index contributed by atoms with van der Waals surface area (Å²) >= 11 is 0. The zero-order valence-electron chi connectivity index (χ0n) is 15.1. The summed E-state index contributed by atoms with van der Waals surface area (Å²) in [5, 5.41) is 0.863. The van der Waals surface area contributed by atoms with Crippen LogP contribution in [0.4, 0.5) is 0 Å². The van der Waals surface area contributed by atoms with Gasteiger partial charge in [-0.15, -0.1) is 0 Å². The van der Waals surface area contributed by atoms with E-state index in [9.17, 15) is 0 Å². The summed E-state index contributed by atoms with van der Waals surface area (Å²) in [7, 11) is 2.17. The molecule has 0 spiro atoms. The molecule has 0 saturated carbocycles. The Morgan fingerprint density at radius 3 is 2.07 bits per heavy atom. The maximum Gasteiger partial charge on any atom is 0.128 e. The van der Waals surface area contributed by atoms with Crippen LogP contribution in [-0.4, -0.2) is 26.2 Å². The molecule has 0 saturated heterocycles. The number of aromatic nitrogens is 2. The molecule has 4 rings (SSSR count). The fourth-order valence-corrected chi connectivity index (χ4v) is 5.09. The van der Waals surface area contributed by atoms with Gasteiger partial charge in [0.2, 0.25) is 0 Å². The second kappa shape index (κ2) is 7.64. The van der Waals surface area contributed by atoms with Crippen LogP contribution in [0.3, 0.4) is 0 Å². The number of ether oxygens (including phenoxy) is 1. The van der Waals surface area contributed by atoms with E-state index in [0.717, 1.165) is 5.75 Å². The molecule has 0 N–H and O–H groups in total. The van der Waals surface area contributed by atoms with Crippen LogP contribution in [-0.2, 0) is 5.16 Å². The van der Waals surface area contributed by atoms with Crippen molar-refractivity contribution < 1.29 is 4.74 Å². The number of hydrogen-bond donors (Lipinski definition) is 0. The predicted octanol–water partition coefficient (Wildman–Crippen LogP) is 3.67. The van der Waals surface area contributed by atoms with Crippen molar-refractivity contribution in [1.29, 1.82) is 0 Å². The fraction of sp³-hybridized carbons (Fsp3) is 0.0870. The molecular formula is C23H20N2OSi. The normalized spacial score (nSPS) is 11.3. The monoisotopic (exact) mass is 368 g/mol. The minimum atomic E-state index is -0.370. The van der Waals surface area contributed by atoms with E-state index >= 15 is 0 Å². The Morgan fingerprint density at radius 1 is 0.852 bits per heavy atom. The standard InChI is InChI=1S/C23H20N2OSi/c1-26-21-13-8-14-22(17-21)27-23(25-16-15-24-18-25,19-9-4-2-5-10-19)20-11-6-3-7-12-20/h2-18H,1H3. The molecule has 3 aromatic carbocycles. The van der Waals surface area contributed by atoms with Crippen molar-refractivity contribution in [2.45, 2.75) is 5.16 Å². The van der Waals surface area contributed by atoms with Gasteiger partial charge in [-0.2, -0.15) is 0 Å². The lowest BCUT2D eigenvalue weighted by Gasteiger charge is -2.36. The van der Waals surface area contributed by atoms with E-state index in [-0.39, 0.29) is 5.16 Å². The molecule has 0 aliphatic heterocycles. The van der Waals surface area contributed by atoms with Crippen molar-refractivity contribution in [3.05, 3.63) is 115 Å². The average Bonchev–Trinajstić information content (AvgIpc) is 3.29. The Labute approximate surface area is 162 Å². The van der Waals surface area contributed by atoms with Gasteiger partial charge in [-0.05, 0) is 23.3 Å². The Hall–Kier alpha value is -3.11. The lowest BCUT2D eigenvalue weighted by atomic mass is 9.97. The van der Waals surface area contributed by atoms with E-state index in [0.29, 0.717) is 9.52 Å². The third-order valence-corrected chi connectivity index (χ3v) is 6.47. The average molecular weight is 369 g/mol. The first kappa shape index (κ1) is 17.3. The topological polar surface area (TPSA) is 27.1 Å². The quantitative estimate of drug-likeness (QED) is 0.486. The molecule has 27 heavy (non-hydrogen) atoms. The van der Waals surface area contributed by atoms with Gasteiger partial charge in [-0.3, -0.25) is 0 Å². The number of imidazole rings is 1. The Morgan fingerprint density at radius 2 is 1.52 bits per heavy atom. The van der Waals surface area contributed by atoms with Crippen molar-refractivity contribution in [2.75, 3.05) is 7.11 Å². The Kier molecular flexibility index (Phi) is 4.90.